The molecule has 1 saturated heterocycles. The molecule has 2 aliphatic rings. The third-order valence-corrected chi connectivity index (χ3v) is 4.40. The Hall–Kier alpha value is -0.570. The van der Waals surface area contributed by atoms with E-state index in [4.69, 9.17) is 16.3 Å². The minimum absolute atomic E-state index is 0.0166. The number of halogens is 1. The number of aliphatic hydroxyl groups is 1. The topological polar surface area (TPSA) is 32.8 Å². The Morgan fingerprint density at radius 2 is 2.00 bits per heavy atom. The number of aliphatic hydroxyl groups excluding tert-OH is 1. The minimum atomic E-state index is -0.421. The molecule has 1 aromatic carbocycles. The summed E-state index contributed by atoms with van der Waals surface area (Å²) in [4.78, 5) is 0. The molecule has 17 heavy (non-hydrogen) atoms. The van der Waals surface area contributed by atoms with Gasteiger partial charge < -0.3 is 9.84 Å². The first-order chi connectivity index (χ1) is 8.21. The second-order valence-corrected chi connectivity index (χ2v) is 5.64. The van der Waals surface area contributed by atoms with Gasteiger partial charge in [0.05, 0.1) is 18.3 Å². The van der Waals surface area contributed by atoms with Crippen LogP contribution in [0.25, 0.3) is 0 Å². The van der Waals surface area contributed by atoms with Crippen LogP contribution in [0.2, 0.25) is 5.02 Å². The summed E-state index contributed by atoms with van der Waals surface area (Å²) in [6.45, 7) is 0.822. The van der Waals surface area contributed by atoms with Crippen LogP contribution < -0.4 is 0 Å². The van der Waals surface area contributed by atoms with Gasteiger partial charge in [-0.05, 0) is 30.5 Å². The molecule has 1 saturated carbocycles. The number of ether oxygens (including phenoxy) is 1. The van der Waals surface area contributed by atoms with Crippen molar-refractivity contribution in [3.05, 3.63) is 34.9 Å². The van der Waals surface area contributed by atoms with Crippen LogP contribution in [0.15, 0.2) is 24.3 Å². The molecule has 0 aromatic heterocycles. The molecule has 0 radical (unpaired) electrons. The van der Waals surface area contributed by atoms with Crippen molar-refractivity contribution in [3.8, 4) is 0 Å². The average Bonchev–Trinajstić information content (AvgIpc) is 3.10. The molecule has 0 amide bonds. The molecule has 1 aliphatic carbocycles. The summed E-state index contributed by atoms with van der Waals surface area (Å²) in [5.74, 6) is 0.248. The third-order valence-electron chi connectivity index (χ3n) is 4.15. The first-order valence-corrected chi connectivity index (χ1v) is 6.67. The fourth-order valence-corrected chi connectivity index (χ4v) is 3.15. The van der Waals surface area contributed by atoms with E-state index in [9.17, 15) is 5.11 Å². The summed E-state index contributed by atoms with van der Waals surface area (Å²) in [6, 6.07) is 7.50. The van der Waals surface area contributed by atoms with Gasteiger partial charge >= 0.3 is 0 Å². The van der Waals surface area contributed by atoms with E-state index in [1.165, 1.54) is 12.8 Å². The molecular formula is C14H17ClO2. The monoisotopic (exact) mass is 252 g/mol. The minimum Gasteiger partial charge on any atom is -0.388 e. The van der Waals surface area contributed by atoms with E-state index in [0.29, 0.717) is 5.02 Å². The fraction of sp³-hybridized carbons (Fsp3) is 0.571. The summed E-state index contributed by atoms with van der Waals surface area (Å²) < 4.78 is 5.63. The largest absolute Gasteiger partial charge is 0.388 e. The maximum Gasteiger partial charge on any atom is 0.0972 e. The molecule has 92 valence electrons. The van der Waals surface area contributed by atoms with Crippen LogP contribution in [0.4, 0.5) is 0 Å². The van der Waals surface area contributed by atoms with Gasteiger partial charge in [0.15, 0.2) is 0 Å². The van der Waals surface area contributed by atoms with Gasteiger partial charge in [-0.2, -0.15) is 0 Å². The standard InChI is InChI=1S/C14H17ClO2/c15-11-6-4-10(5-7-11)13(16)12-3-1-2-8-14(12)9-17-14/h4-7,12-13,16H,1-3,8-9H2. The van der Waals surface area contributed by atoms with Crippen molar-refractivity contribution in [2.75, 3.05) is 6.61 Å². The molecule has 3 atom stereocenters. The highest BCUT2D eigenvalue weighted by Crippen LogP contribution is 2.50. The summed E-state index contributed by atoms with van der Waals surface area (Å²) in [6.07, 6.45) is 4.16. The first-order valence-electron chi connectivity index (χ1n) is 6.29. The molecule has 3 unspecified atom stereocenters. The van der Waals surface area contributed by atoms with Crippen LogP contribution in [-0.4, -0.2) is 17.3 Å². The molecule has 0 bridgehead atoms. The second-order valence-electron chi connectivity index (χ2n) is 5.20. The molecule has 3 heteroatoms. The van der Waals surface area contributed by atoms with Crippen molar-refractivity contribution < 1.29 is 9.84 Å². The maximum atomic E-state index is 10.5. The van der Waals surface area contributed by atoms with E-state index < -0.39 is 6.10 Å². The van der Waals surface area contributed by atoms with Crippen LogP contribution in [0.3, 0.4) is 0 Å². The Balaban J connectivity index is 1.81. The number of hydrogen-bond donors (Lipinski definition) is 1. The predicted molar refractivity (Wildman–Crippen MR) is 67.1 cm³/mol. The molecular weight excluding hydrogens is 236 g/mol. The third kappa shape index (κ3) is 2.10. The molecule has 1 heterocycles. The van der Waals surface area contributed by atoms with Crippen LogP contribution in [-0.2, 0) is 4.74 Å². The highest BCUT2D eigenvalue weighted by Gasteiger charge is 2.54. The van der Waals surface area contributed by atoms with E-state index in [1.807, 2.05) is 24.3 Å². The van der Waals surface area contributed by atoms with Gasteiger partial charge in [-0.1, -0.05) is 36.6 Å². The Bertz CT molecular complexity index is 397. The van der Waals surface area contributed by atoms with Crippen molar-refractivity contribution in [1.82, 2.24) is 0 Å². The molecule has 3 rings (SSSR count). The lowest BCUT2D eigenvalue weighted by Crippen LogP contribution is -2.33. The van der Waals surface area contributed by atoms with Gasteiger partial charge in [0.25, 0.3) is 0 Å². The van der Waals surface area contributed by atoms with Gasteiger partial charge in [0, 0.05) is 10.9 Å². The summed E-state index contributed by atoms with van der Waals surface area (Å²) >= 11 is 5.86. The molecule has 1 aliphatic heterocycles. The summed E-state index contributed by atoms with van der Waals surface area (Å²) in [5.41, 5.74) is 0.938. The number of benzene rings is 1. The van der Waals surface area contributed by atoms with E-state index in [-0.39, 0.29) is 11.5 Å². The Labute approximate surface area is 107 Å². The van der Waals surface area contributed by atoms with Gasteiger partial charge in [0.1, 0.15) is 0 Å². The van der Waals surface area contributed by atoms with Crippen molar-refractivity contribution in [3.63, 3.8) is 0 Å². The van der Waals surface area contributed by atoms with Crippen molar-refractivity contribution in [2.45, 2.75) is 37.4 Å². The SMILES string of the molecule is OC(c1ccc(Cl)cc1)C1CCCCC12CO2. The molecule has 1 aromatic rings. The fourth-order valence-electron chi connectivity index (χ4n) is 3.03. The predicted octanol–water partition coefficient (Wildman–Crippen LogP) is 3.33. The Morgan fingerprint density at radius 1 is 1.29 bits per heavy atom. The first kappa shape index (κ1) is 11.5. The zero-order valence-electron chi connectivity index (χ0n) is 9.73. The van der Waals surface area contributed by atoms with E-state index in [1.54, 1.807) is 0 Å². The smallest absolute Gasteiger partial charge is 0.0972 e. The van der Waals surface area contributed by atoms with Gasteiger partial charge in [-0.3, -0.25) is 0 Å². The molecule has 1 spiro atoms. The zero-order chi connectivity index (χ0) is 11.9. The average molecular weight is 253 g/mol. The van der Waals surface area contributed by atoms with E-state index >= 15 is 0 Å². The van der Waals surface area contributed by atoms with Crippen LogP contribution in [0.5, 0.6) is 0 Å². The highest BCUT2D eigenvalue weighted by atomic mass is 35.5. The van der Waals surface area contributed by atoms with Crippen molar-refractivity contribution in [2.24, 2.45) is 5.92 Å². The molecule has 1 N–H and O–H groups in total. The normalized spacial score (nSPS) is 33.6. The van der Waals surface area contributed by atoms with Crippen molar-refractivity contribution >= 4 is 11.6 Å². The zero-order valence-corrected chi connectivity index (χ0v) is 10.5. The van der Waals surface area contributed by atoms with Gasteiger partial charge in [-0.25, -0.2) is 0 Å². The number of rotatable bonds is 2. The van der Waals surface area contributed by atoms with Crippen LogP contribution >= 0.6 is 11.6 Å². The number of epoxide rings is 1. The van der Waals surface area contributed by atoms with E-state index in [0.717, 1.165) is 25.0 Å². The quantitative estimate of drug-likeness (QED) is 0.819. The van der Waals surface area contributed by atoms with Crippen molar-refractivity contribution in [1.29, 1.82) is 0 Å². The lowest BCUT2D eigenvalue weighted by molar-refractivity contribution is 0.0266. The van der Waals surface area contributed by atoms with Crippen LogP contribution in [0.1, 0.15) is 37.4 Å². The Morgan fingerprint density at radius 3 is 2.65 bits per heavy atom. The highest BCUT2D eigenvalue weighted by molar-refractivity contribution is 6.30. The summed E-state index contributed by atoms with van der Waals surface area (Å²) in [5, 5.41) is 11.2. The molecule has 2 fully saturated rings. The second kappa shape index (κ2) is 4.27. The van der Waals surface area contributed by atoms with E-state index in [2.05, 4.69) is 0 Å². The number of hydrogen-bond acceptors (Lipinski definition) is 2. The van der Waals surface area contributed by atoms with Gasteiger partial charge in [0.2, 0.25) is 0 Å². The summed E-state index contributed by atoms with van der Waals surface area (Å²) in [7, 11) is 0. The van der Waals surface area contributed by atoms with Gasteiger partial charge in [-0.15, -0.1) is 0 Å². The lowest BCUT2D eigenvalue weighted by atomic mass is 9.74. The van der Waals surface area contributed by atoms with Crippen LogP contribution in [0, 0.1) is 5.92 Å². The lowest BCUT2D eigenvalue weighted by Gasteiger charge is -2.32. The molecule has 2 nitrogen and oxygen atoms in total. The maximum absolute atomic E-state index is 10.5. The Kier molecular flexibility index (Phi) is 2.89.